The van der Waals surface area contributed by atoms with Crippen LogP contribution >= 0.6 is 23.8 Å². The fourth-order valence-corrected chi connectivity index (χ4v) is 1.94. The fourth-order valence-electron chi connectivity index (χ4n) is 1.49. The molecule has 0 aliphatic rings. The molecule has 0 saturated heterocycles. The van der Waals surface area contributed by atoms with Crippen molar-refractivity contribution in [1.82, 2.24) is 0 Å². The van der Waals surface area contributed by atoms with Crippen molar-refractivity contribution in [2.45, 2.75) is 19.8 Å². The van der Waals surface area contributed by atoms with Gasteiger partial charge in [0, 0.05) is 19.2 Å². The number of anilines is 1. The summed E-state index contributed by atoms with van der Waals surface area (Å²) in [6, 6.07) is 5.69. The summed E-state index contributed by atoms with van der Waals surface area (Å²) in [5, 5.41) is 0.698. The molecule has 1 aromatic rings. The second-order valence-corrected chi connectivity index (χ2v) is 4.65. The van der Waals surface area contributed by atoms with Gasteiger partial charge >= 0.3 is 0 Å². The summed E-state index contributed by atoms with van der Waals surface area (Å²) in [4.78, 5) is 2.53. The number of halogens is 1. The van der Waals surface area contributed by atoms with Crippen LogP contribution in [-0.2, 0) is 0 Å². The van der Waals surface area contributed by atoms with E-state index in [2.05, 4.69) is 11.8 Å². The number of nitrogens with two attached hydrogens (primary N) is 1. The highest BCUT2D eigenvalue weighted by atomic mass is 35.5. The molecule has 0 bridgehead atoms. The molecule has 0 aromatic heterocycles. The van der Waals surface area contributed by atoms with Crippen LogP contribution in [-0.4, -0.2) is 18.6 Å². The lowest BCUT2D eigenvalue weighted by Crippen LogP contribution is -2.19. The Labute approximate surface area is 107 Å². The lowest BCUT2D eigenvalue weighted by Gasteiger charge is -2.20. The maximum absolute atomic E-state index is 6.19. The molecule has 0 atom stereocenters. The molecule has 0 unspecified atom stereocenters. The van der Waals surface area contributed by atoms with Crippen LogP contribution in [0.2, 0.25) is 5.02 Å². The molecule has 0 heterocycles. The maximum atomic E-state index is 6.19. The van der Waals surface area contributed by atoms with E-state index < -0.39 is 0 Å². The Balaban J connectivity index is 2.85. The van der Waals surface area contributed by atoms with Gasteiger partial charge in [-0.1, -0.05) is 37.2 Å². The van der Waals surface area contributed by atoms with Crippen molar-refractivity contribution >= 4 is 34.5 Å². The first-order chi connectivity index (χ1) is 7.56. The molecule has 2 N–H and O–H groups in total. The average Bonchev–Trinajstić information content (AvgIpc) is 2.25. The molecule has 0 aliphatic heterocycles. The van der Waals surface area contributed by atoms with E-state index in [1.54, 1.807) is 0 Å². The molecule has 1 rings (SSSR count). The normalized spacial score (nSPS) is 10.2. The summed E-state index contributed by atoms with van der Waals surface area (Å²) in [5.74, 6) is 0. The Morgan fingerprint density at radius 1 is 1.50 bits per heavy atom. The van der Waals surface area contributed by atoms with Crippen molar-refractivity contribution in [3.8, 4) is 0 Å². The standard InChI is InChI=1S/C12H17ClN2S/c1-3-4-7-15(2)11-6-5-9(12(14)16)8-10(11)13/h5-6,8H,3-4,7H2,1-2H3,(H2,14,16). The predicted octanol–water partition coefficient (Wildman–Crippen LogP) is 3.21. The van der Waals surface area contributed by atoms with Crippen LogP contribution in [0, 0.1) is 0 Å². The van der Waals surface area contributed by atoms with Crippen molar-refractivity contribution in [3.05, 3.63) is 28.8 Å². The van der Waals surface area contributed by atoms with Gasteiger partial charge in [-0.3, -0.25) is 0 Å². The first-order valence-electron chi connectivity index (χ1n) is 5.36. The third-order valence-corrected chi connectivity index (χ3v) is 3.03. The molecule has 0 fully saturated rings. The third-order valence-electron chi connectivity index (χ3n) is 2.49. The van der Waals surface area contributed by atoms with Crippen LogP contribution in [0.4, 0.5) is 5.69 Å². The largest absolute Gasteiger partial charge is 0.389 e. The molecule has 1 aromatic carbocycles. The quantitative estimate of drug-likeness (QED) is 0.821. The monoisotopic (exact) mass is 256 g/mol. The number of thiocarbonyl (C=S) groups is 1. The zero-order chi connectivity index (χ0) is 12.1. The summed E-state index contributed by atoms with van der Waals surface area (Å²) < 4.78 is 0. The second-order valence-electron chi connectivity index (χ2n) is 3.81. The van der Waals surface area contributed by atoms with E-state index in [-0.39, 0.29) is 0 Å². The van der Waals surface area contributed by atoms with E-state index in [0.29, 0.717) is 10.0 Å². The Kier molecular flexibility index (Phi) is 5.03. The van der Waals surface area contributed by atoms with Gasteiger partial charge in [0.1, 0.15) is 4.99 Å². The number of hydrogen-bond donors (Lipinski definition) is 1. The Morgan fingerprint density at radius 3 is 2.69 bits per heavy atom. The van der Waals surface area contributed by atoms with Gasteiger partial charge < -0.3 is 10.6 Å². The highest BCUT2D eigenvalue weighted by molar-refractivity contribution is 7.80. The maximum Gasteiger partial charge on any atom is 0.104 e. The van der Waals surface area contributed by atoms with Gasteiger partial charge in [0.25, 0.3) is 0 Å². The Morgan fingerprint density at radius 2 is 2.19 bits per heavy atom. The minimum Gasteiger partial charge on any atom is -0.389 e. The molecule has 0 saturated carbocycles. The average molecular weight is 257 g/mol. The minimum atomic E-state index is 0.379. The van der Waals surface area contributed by atoms with E-state index in [9.17, 15) is 0 Å². The van der Waals surface area contributed by atoms with E-state index >= 15 is 0 Å². The summed E-state index contributed by atoms with van der Waals surface area (Å²) in [6.07, 6.45) is 2.33. The van der Waals surface area contributed by atoms with Gasteiger partial charge in [-0.05, 0) is 24.6 Å². The molecule has 0 aliphatic carbocycles. The van der Waals surface area contributed by atoms with Crippen molar-refractivity contribution < 1.29 is 0 Å². The molecule has 88 valence electrons. The molecule has 16 heavy (non-hydrogen) atoms. The summed E-state index contributed by atoms with van der Waals surface area (Å²) >= 11 is 11.1. The van der Waals surface area contributed by atoms with Crippen molar-refractivity contribution in [2.75, 3.05) is 18.5 Å². The van der Waals surface area contributed by atoms with Crippen molar-refractivity contribution in [1.29, 1.82) is 0 Å². The lowest BCUT2D eigenvalue weighted by molar-refractivity contribution is 0.767. The number of benzene rings is 1. The van der Waals surface area contributed by atoms with Gasteiger partial charge in [-0.15, -0.1) is 0 Å². The van der Waals surface area contributed by atoms with Crippen LogP contribution in [0.25, 0.3) is 0 Å². The second kappa shape index (κ2) is 6.06. The van der Waals surface area contributed by atoms with Crippen LogP contribution in [0.3, 0.4) is 0 Å². The van der Waals surface area contributed by atoms with E-state index in [1.807, 2.05) is 25.2 Å². The van der Waals surface area contributed by atoms with Gasteiger partial charge in [0.05, 0.1) is 10.7 Å². The number of nitrogens with zero attached hydrogens (tertiary/aromatic N) is 1. The SMILES string of the molecule is CCCCN(C)c1ccc(C(N)=S)cc1Cl. The molecule has 2 nitrogen and oxygen atoms in total. The highest BCUT2D eigenvalue weighted by Gasteiger charge is 2.07. The summed E-state index contributed by atoms with van der Waals surface area (Å²) in [7, 11) is 2.04. The van der Waals surface area contributed by atoms with Crippen molar-refractivity contribution in [3.63, 3.8) is 0 Å². The Bertz CT molecular complexity index is 379. The first-order valence-corrected chi connectivity index (χ1v) is 6.15. The number of unbranched alkanes of at least 4 members (excludes halogenated alkanes) is 1. The van der Waals surface area contributed by atoms with Crippen LogP contribution < -0.4 is 10.6 Å². The molecule has 0 spiro atoms. The zero-order valence-corrected chi connectivity index (χ0v) is 11.2. The smallest absolute Gasteiger partial charge is 0.104 e. The van der Waals surface area contributed by atoms with Gasteiger partial charge in [-0.2, -0.15) is 0 Å². The molecule has 0 amide bonds. The molecule has 0 radical (unpaired) electrons. The van der Waals surface area contributed by atoms with Crippen LogP contribution in [0.1, 0.15) is 25.3 Å². The fraction of sp³-hybridized carbons (Fsp3) is 0.417. The molecular formula is C12H17ClN2S. The van der Waals surface area contributed by atoms with E-state index in [1.165, 1.54) is 6.42 Å². The minimum absolute atomic E-state index is 0.379. The summed E-state index contributed by atoms with van der Waals surface area (Å²) in [5.41, 5.74) is 7.38. The predicted molar refractivity (Wildman–Crippen MR) is 75.5 cm³/mol. The van der Waals surface area contributed by atoms with Gasteiger partial charge in [0.15, 0.2) is 0 Å². The zero-order valence-electron chi connectivity index (χ0n) is 9.66. The number of rotatable bonds is 5. The van der Waals surface area contributed by atoms with E-state index in [4.69, 9.17) is 29.6 Å². The highest BCUT2D eigenvalue weighted by Crippen LogP contribution is 2.26. The number of hydrogen-bond acceptors (Lipinski definition) is 2. The molecule has 4 heteroatoms. The lowest BCUT2D eigenvalue weighted by atomic mass is 10.2. The van der Waals surface area contributed by atoms with Crippen LogP contribution in [0.15, 0.2) is 18.2 Å². The van der Waals surface area contributed by atoms with E-state index in [0.717, 1.165) is 24.2 Å². The summed E-state index contributed by atoms with van der Waals surface area (Å²) in [6.45, 7) is 3.17. The van der Waals surface area contributed by atoms with Gasteiger partial charge in [-0.25, -0.2) is 0 Å². The first kappa shape index (κ1) is 13.3. The Hall–Kier alpha value is -0.800. The van der Waals surface area contributed by atoms with Crippen LogP contribution in [0.5, 0.6) is 0 Å². The molecular weight excluding hydrogens is 240 g/mol. The topological polar surface area (TPSA) is 29.3 Å². The van der Waals surface area contributed by atoms with Gasteiger partial charge in [0.2, 0.25) is 0 Å². The van der Waals surface area contributed by atoms with Crippen molar-refractivity contribution in [2.24, 2.45) is 5.73 Å². The third kappa shape index (κ3) is 3.35.